The number of halogens is 1. The van der Waals surface area contributed by atoms with E-state index in [1.807, 2.05) is 0 Å². The molecule has 0 unspecified atom stereocenters. The minimum atomic E-state index is -1.00. The van der Waals surface area contributed by atoms with E-state index in [9.17, 15) is 9.59 Å². The molecular weight excluding hydrogens is 366 g/mol. The third-order valence-corrected chi connectivity index (χ3v) is 4.32. The molecule has 2 aromatic rings. The quantitative estimate of drug-likeness (QED) is 0.722. The second-order valence-corrected chi connectivity index (χ2v) is 7.04. The maximum Gasteiger partial charge on any atom is 0.335 e. The first-order valence-corrected chi connectivity index (χ1v) is 9.20. The molecule has 1 amide bonds. The fraction of sp³-hybridized carbons (Fsp3) is 0.350. The van der Waals surface area contributed by atoms with Crippen molar-refractivity contribution in [1.82, 2.24) is 4.98 Å². The molecule has 0 bridgehead atoms. The predicted molar refractivity (Wildman–Crippen MR) is 108 cm³/mol. The van der Waals surface area contributed by atoms with E-state index >= 15 is 0 Å². The number of aryl methyl sites for hydroxylation is 1. The third kappa shape index (κ3) is 5.20. The highest BCUT2D eigenvalue weighted by Gasteiger charge is 2.17. The lowest BCUT2D eigenvalue weighted by Crippen LogP contribution is -2.32. The fourth-order valence-corrected chi connectivity index (χ4v) is 3.00. The summed E-state index contributed by atoms with van der Waals surface area (Å²) in [6.07, 6.45) is 0.948. The summed E-state index contributed by atoms with van der Waals surface area (Å²) >= 11 is 6.21. The molecule has 0 radical (unpaired) electrons. The lowest BCUT2D eigenvalue weighted by molar-refractivity contribution is 0.0696. The number of aromatic nitrogens is 1. The van der Waals surface area contributed by atoms with E-state index in [4.69, 9.17) is 16.7 Å². The Morgan fingerprint density at radius 1 is 1.26 bits per heavy atom. The summed E-state index contributed by atoms with van der Waals surface area (Å²) in [4.78, 5) is 30.3. The summed E-state index contributed by atoms with van der Waals surface area (Å²) < 4.78 is 0. The van der Waals surface area contributed by atoms with Crippen LogP contribution in [0.4, 0.5) is 11.5 Å². The van der Waals surface area contributed by atoms with E-state index in [-0.39, 0.29) is 17.3 Å². The summed E-state index contributed by atoms with van der Waals surface area (Å²) in [5.74, 6) is -0.750. The average Bonchev–Trinajstić information content (AvgIpc) is 2.58. The molecule has 0 aliphatic rings. The van der Waals surface area contributed by atoms with Gasteiger partial charge in [-0.1, -0.05) is 18.5 Å². The first-order valence-electron chi connectivity index (χ1n) is 8.82. The van der Waals surface area contributed by atoms with Gasteiger partial charge in [-0.25, -0.2) is 9.78 Å². The molecule has 0 atom stereocenters. The largest absolute Gasteiger partial charge is 0.478 e. The first kappa shape index (κ1) is 20.7. The number of amides is 1. The summed E-state index contributed by atoms with van der Waals surface area (Å²) in [5.41, 5.74) is 1.47. The highest BCUT2D eigenvalue weighted by atomic mass is 35.5. The number of rotatable bonds is 7. The van der Waals surface area contributed by atoms with Crippen molar-refractivity contribution in [2.75, 3.05) is 16.8 Å². The topological polar surface area (TPSA) is 82.5 Å². The lowest BCUT2D eigenvalue weighted by atomic mass is 10.1. The number of benzene rings is 1. The summed E-state index contributed by atoms with van der Waals surface area (Å²) in [5, 5.41) is 12.3. The summed E-state index contributed by atoms with van der Waals surface area (Å²) in [6, 6.07) is 8.12. The van der Waals surface area contributed by atoms with Crippen molar-refractivity contribution in [3.05, 3.63) is 52.2 Å². The summed E-state index contributed by atoms with van der Waals surface area (Å²) in [7, 11) is 0. The van der Waals surface area contributed by atoms with Crippen LogP contribution in [0.3, 0.4) is 0 Å². The molecule has 27 heavy (non-hydrogen) atoms. The van der Waals surface area contributed by atoms with Crippen molar-refractivity contribution in [3.63, 3.8) is 0 Å². The Hall–Kier alpha value is -2.60. The number of aromatic carboxylic acids is 1. The Balaban J connectivity index is 2.28. The molecule has 0 saturated heterocycles. The van der Waals surface area contributed by atoms with E-state index in [0.717, 1.165) is 13.0 Å². The van der Waals surface area contributed by atoms with Crippen LogP contribution < -0.4 is 10.2 Å². The normalized spacial score (nSPS) is 10.7. The number of carbonyl (C=O) groups excluding carboxylic acids is 1. The van der Waals surface area contributed by atoms with Gasteiger partial charge in [-0.15, -0.1) is 0 Å². The zero-order valence-electron chi connectivity index (χ0n) is 15.9. The van der Waals surface area contributed by atoms with Gasteiger partial charge < -0.3 is 15.3 Å². The minimum Gasteiger partial charge on any atom is -0.478 e. The van der Waals surface area contributed by atoms with Crippen LogP contribution >= 0.6 is 11.6 Å². The smallest absolute Gasteiger partial charge is 0.335 e. The van der Waals surface area contributed by atoms with Gasteiger partial charge >= 0.3 is 5.97 Å². The zero-order chi connectivity index (χ0) is 20.1. The second kappa shape index (κ2) is 8.86. The Morgan fingerprint density at radius 3 is 2.52 bits per heavy atom. The number of hydrogen-bond acceptors (Lipinski definition) is 4. The monoisotopic (exact) mass is 389 g/mol. The van der Waals surface area contributed by atoms with E-state index in [0.29, 0.717) is 22.1 Å². The number of nitrogens with one attached hydrogen (secondary N) is 1. The van der Waals surface area contributed by atoms with E-state index in [2.05, 4.69) is 36.0 Å². The highest BCUT2D eigenvalue weighted by molar-refractivity contribution is 6.31. The van der Waals surface area contributed by atoms with Gasteiger partial charge in [-0.2, -0.15) is 0 Å². The number of nitrogens with zero attached hydrogens (tertiary/aromatic N) is 2. The maximum atomic E-state index is 12.6. The van der Waals surface area contributed by atoms with Crippen LogP contribution in [0.1, 0.15) is 53.6 Å². The number of hydrogen-bond donors (Lipinski definition) is 2. The zero-order valence-corrected chi connectivity index (χ0v) is 16.7. The molecule has 0 spiro atoms. The average molecular weight is 390 g/mol. The van der Waals surface area contributed by atoms with Gasteiger partial charge in [-0.3, -0.25) is 4.79 Å². The van der Waals surface area contributed by atoms with Crippen LogP contribution in [-0.4, -0.2) is 34.6 Å². The molecule has 6 nitrogen and oxygen atoms in total. The van der Waals surface area contributed by atoms with Gasteiger partial charge in [0.15, 0.2) is 0 Å². The Kier molecular flexibility index (Phi) is 6.80. The van der Waals surface area contributed by atoms with Crippen LogP contribution in [0.5, 0.6) is 0 Å². The Bertz CT molecular complexity index is 852. The molecule has 1 aromatic heterocycles. The third-order valence-electron chi connectivity index (χ3n) is 4.11. The van der Waals surface area contributed by atoms with Crippen molar-refractivity contribution in [2.24, 2.45) is 0 Å². The SMILES string of the molecule is CCCN(c1cc(Cl)cc(C(=O)Nc2ccc(C(=O)O)c(C)c2)n1)C(C)C. The number of pyridine rings is 1. The highest BCUT2D eigenvalue weighted by Crippen LogP contribution is 2.22. The summed E-state index contributed by atoms with van der Waals surface area (Å²) in [6.45, 7) is 8.69. The van der Waals surface area contributed by atoms with Gasteiger partial charge in [0.05, 0.1) is 5.56 Å². The molecular formula is C20H24ClN3O3. The van der Waals surface area contributed by atoms with Crippen molar-refractivity contribution < 1.29 is 14.7 Å². The van der Waals surface area contributed by atoms with Crippen molar-refractivity contribution >= 4 is 35.0 Å². The van der Waals surface area contributed by atoms with Crippen molar-refractivity contribution in [3.8, 4) is 0 Å². The minimum absolute atomic E-state index is 0.198. The molecule has 2 N–H and O–H groups in total. The Labute approximate surface area is 164 Å². The number of carbonyl (C=O) groups is 2. The molecule has 144 valence electrons. The van der Waals surface area contributed by atoms with Gasteiger partial charge in [0.25, 0.3) is 5.91 Å². The van der Waals surface area contributed by atoms with Gasteiger partial charge in [0, 0.05) is 23.3 Å². The maximum absolute atomic E-state index is 12.6. The van der Waals surface area contributed by atoms with E-state index in [1.165, 1.54) is 12.1 Å². The standard InChI is InChI=1S/C20H24ClN3O3/c1-5-8-24(12(2)3)18-11-14(21)10-17(23-18)19(25)22-15-6-7-16(20(26)27)13(4)9-15/h6-7,9-12H,5,8H2,1-4H3,(H,22,25)(H,26,27). The van der Waals surface area contributed by atoms with Crippen molar-refractivity contribution in [1.29, 1.82) is 0 Å². The van der Waals surface area contributed by atoms with E-state index in [1.54, 1.807) is 25.1 Å². The second-order valence-electron chi connectivity index (χ2n) is 6.60. The van der Waals surface area contributed by atoms with Gasteiger partial charge in [0.2, 0.25) is 0 Å². The van der Waals surface area contributed by atoms with Crippen LogP contribution in [-0.2, 0) is 0 Å². The molecule has 0 aliphatic carbocycles. The van der Waals surface area contributed by atoms with Crippen LogP contribution in [0.15, 0.2) is 30.3 Å². The number of anilines is 2. The Morgan fingerprint density at radius 2 is 1.96 bits per heavy atom. The molecule has 7 heteroatoms. The molecule has 0 fully saturated rings. The predicted octanol–water partition coefficient (Wildman–Crippen LogP) is 4.62. The molecule has 0 aliphatic heterocycles. The molecule has 1 aromatic carbocycles. The fourth-order valence-electron chi connectivity index (χ4n) is 2.80. The van der Waals surface area contributed by atoms with E-state index < -0.39 is 11.9 Å². The molecule has 0 saturated carbocycles. The van der Waals surface area contributed by atoms with Crippen LogP contribution in [0.2, 0.25) is 5.02 Å². The lowest BCUT2D eigenvalue weighted by Gasteiger charge is -2.27. The van der Waals surface area contributed by atoms with Crippen LogP contribution in [0, 0.1) is 6.92 Å². The number of carboxylic acids is 1. The van der Waals surface area contributed by atoms with Crippen LogP contribution in [0.25, 0.3) is 0 Å². The van der Waals surface area contributed by atoms with Gasteiger partial charge in [0.1, 0.15) is 11.5 Å². The first-order chi connectivity index (χ1) is 12.7. The molecule has 1 heterocycles. The van der Waals surface area contributed by atoms with Crippen molar-refractivity contribution in [2.45, 2.75) is 40.2 Å². The molecule has 2 rings (SSSR count). The number of carboxylic acid groups (broad SMARTS) is 1. The van der Waals surface area contributed by atoms with Gasteiger partial charge in [-0.05, 0) is 63.1 Å².